The molecule has 2 aromatic heterocycles. The first kappa shape index (κ1) is 32.8. The summed E-state index contributed by atoms with van der Waals surface area (Å²) in [5, 5.41) is 4.58. The van der Waals surface area contributed by atoms with Crippen LogP contribution in [-0.2, 0) is 29.1 Å². The molecule has 0 saturated carbocycles. The average molecular weight is 672 g/mol. The predicted molar refractivity (Wildman–Crippen MR) is 167 cm³/mol. The topological polar surface area (TPSA) is 94.8 Å². The van der Waals surface area contributed by atoms with Gasteiger partial charge in [-0.25, -0.2) is 9.78 Å². The molecule has 0 aliphatic carbocycles. The first-order valence-electron chi connectivity index (χ1n) is 14.0. The molecule has 0 saturated heterocycles. The van der Waals surface area contributed by atoms with Gasteiger partial charge in [0.1, 0.15) is 29.5 Å². The smallest absolute Gasteiger partial charge is 0.471 e. The molecule has 0 N–H and O–H groups in total. The number of carbonyl (C=O) groups is 2. The van der Waals surface area contributed by atoms with Crippen molar-refractivity contribution in [2.75, 3.05) is 12.0 Å². The average Bonchev–Trinajstić information content (AvgIpc) is 3.42. The van der Waals surface area contributed by atoms with Crippen molar-refractivity contribution >= 4 is 51.7 Å². The number of alkyl halides is 3. The van der Waals surface area contributed by atoms with Crippen LogP contribution in [0.2, 0.25) is 10.0 Å². The van der Waals surface area contributed by atoms with E-state index in [1.54, 1.807) is 24.3 Å². The van der Waals surface area contributed by atoms with Crippen molar-refractivity contribution in [1.82, 2.24) is 10.1 Å². The minimum absolute atomic E-state index is 0.0776. The summed E-state index contributed by atoms with van der Waals surface area (Å²) in [6.07, 6.45) is -4.09. The zero-order valence-corrected chi connectivity index (χ0v) is 26.0. The van der Waals surface area contributed by atoms with E-state index in [0.717, 1.165) is 16.5 Å². The Morgan fingerprint density at radius 3 is 2.30 bits per heavy atom. The number of para-hydroxylation sites is 1. The minimum Gasteiger partial charge on any atom is -0.489 e. The van der Waals surface area contributed by atoms with Gasteiger partial charge < -0.3 is 14.0 Å². The van der Waals surface area contributed by atoms with E-state index in [2.05, 4.69) is 10.1 Å². The van der Waals surface area contributed by atoms with E-state index in [9.17, 15) is 22.8 Å². The maximum atomic E-state index is 13.7. The van der Waals surface area contributed by atoms with E-state index >= 15 is 0 Å². The zero-order valence-electron chi connectivity index (χ0n) is 24.5. The monoisotopic (exact) mass is 671 g/mol. The van der Waals surface area contributed by atoms with Crippen molar-refractivity contribution in [1.29, 1.82) is 0 Å². The fourth-order valence-electron chi connectivity index (χ4n) is 4.82. The van der Waals surface area contributed by atoms with Gasteiger partial charge >= 0.3 is 18.1 Å². The normalized spacial score (nSPS) is 11.5. The number of carbonyl (C=O) groups excluding carboxylic acids is 2. The summed E-state index contributed by atoms with van der Waals surface area (Å²) in [5.41, 5.74) is 2.87. The van der Waals surface area contributed by atoms with Crippen LogP contribution in [0.1, 0.15) is 40.9 Å². The molecule has 0 unspecified atom stereocenters. The van der Waals surface area contributed by atoms with Crippen LogP contribution >= 0.6 is 23.2 Å². The number of aromatic nitrogens is 2. The third-order valence-electron chi connectivity index (χ3n) is 7.09. The Hall–Kier alpha value is -4.61. The van der Waals surface area contributed by atoms with Crippen LogP contribution in [0.4, 0.5) is 18.9 Å². The van der Waals surface area contributed by atoms with Crippen LogP contribution in [0, 0.1) is 0 Å². The number of fused-ring (bicyclic) bond motifs is 1. The highest BCUT2D eigenvalue weighted by Crippen LogP contribution is 2.37. The van der Waals surface area contributed by atoms with Crippen LogP contribution in [0.15, 0.2) is 77.3 Å². The minimum atomic E-state index is -5.20. The molecule has 0 aliphatic rings. The lowest BCUT2D eigenvalue weighted by molar-refractivity contribution is -0.170. The summed E-state index contributed by atoms with van der Waals surface area (Å²) in [5.74, 6) is -1.75. The SMILES string of the molecule is CCCc1onc(CN(C(=O)C(F)(F)F)c2c(Cl)cccc2Cl)c1COc1ccc(-c2ccc3nc(C(=O)OC)ccc3c2)cc1. The molecule has 2 heterocycles. The number of pyridine rings is 1. The molecular weight excluding hydrogens is 646 g/mol. The maximum Gasteiger partial charge on any atom is 0.471 e. The summed E-state index contributed by atoms with van der Waals surface area (Å²) >= 11 is 12.4. The molecule has 5 aromatic rings. The molecule has 0 atom stereocenters. The standard InChI is InChI=1S/C33H26Cl2F3N3O5/c1-3-5-29-23(28(40-46-29)17-41(32(43)33(36,37)38)30-24(34)6-4-7-25(30)35)18-45-22-12-8-19(9-13-22)20-10-14-26-21(16-20)11-15-27(39-26)31(42)44-2/h4,6-16H,3,5,17-18H2,1-2H3. The molecule has 0 fully saturated rings. The third kappa shape index (κ3) is 7.11. The number of esters is 1. The first-order valence-corrected chi connectivity index (χ1v) is 14.8. The molecule has 5 rings (SSSR count). The Labute approximate surface area is 271 Å². The molecule has 46 heavy (non-hydrogen) atoms. The molecule has 8 nitrogen and oxygen atoms in total. The summed E-state index contributed by atoms with van der Waals surface area (Å²) in [6, 6.07) is 20.4. The number of nitrogens with zero attached hydrogens (tertiary/aromatic N) is 3. The zero-order chi connectivity index (χ0) is 33.0. The van der Waals surface area contributed by atoms with Crippen LogP contribution in [0.25, 0.3) is 22.0 Å². The fourth-order valence-corrected chi connectivity index (χ4v) is 5.42. The second-order valence-corrected chi connectivity index (χ2v) is 11.0. The van der Waals surface area contributed by atoms with E-state index in [0.29, 0.717) is 40.3 Å². The number of rotatable bonds is 10. The molecule has 0 radical (unpaired) electrons. The number of anilines is 1. The van der Waals surface area contributed by atoms with E-state index in [4.69, 9.17) is 37.2 Å². The molecule has 3 aromatic carbocycles. The van der Waals surface area contributed by atoms with Crippen LogP contribution in [-0.4, -0.2) is 35.3 Å². The Morgan fingerprint density at radius 2 is 1.65 bits per heavy atom. The lowest BCUT2D eigenvalue weighted by Gasteiger charge is -2.25. The van der Waals surface area contributed by atoms with Gasteiger partial charge in [0, 0.05) is 11.8 Å². The second-order valence-electron chi connectivity index (χ2n) is 10.1. The number of methoxy groups -OCH3 is 1. The van der Waals surface area contributed by atoms with Crippen molar-refractivity contribution < 1.29 is 36.8 Å². The van der Waals surface area contributed by atoms with Crippen LogP contribution < -0.4 is 9.64 Å². The fraction of sp³-hybridized carbons (Fsp3) is 0.212. The Morgan fingerprint density at radius 1 is 0.957 bits per heavy atom. The number of hydrogen-bond donors (Lipinski definition) is 0. The molecular formula is C33H26Cl2F3N3O5. The van der Waals surface area contributed by atoms with Gasteiger partial charge in [-0.05, 0) is 60.0 Å². The van der Waals surface area contributed by atoms with Gasteiger partial charge in [0.05, 0.1) is 40.5 Å². The number of halogens is 5. The summed E-state index contributed by atoms with van der Waals surface area (Å²) in [7, 11) is 1.30. The van der Waals surface area contributed by atoms with Gasteiger partial charge in [-0.1, -0.05) is 65.6 Å². The molecule has 0 bridgehead atoms. The van der Waals surface area contributed by atoms with E-state index in [1.165, 1.54) is 25.3 Å². The predicted octanol–water partition coefficient (Wildman–Crippen LogP) is 8.61. The number of amides is 1. The Balaban J connectivity index is 1.37. The van der Waals surface area contributed by atoms with Crippen molar-refractivity contribution in [2.45, 2.75) is 39.1 Å². The number of hydrogen-bond acceptors (Lipinski definition) is 7. The first-order chi connectivity index (χ1) is 22.0. The molecule has 0 aliphatic heterocycles. The highest BCUT2D eigenvalue weighted by atomic mass is 35.5. The highest BCUT2D eigenvalue weighted by molar-refractivity contribution is 6.40. The van der Waals surface area contributed by atoms with Gasteiger partial charge in [-0.15, -0.1) is 0 Å². The van der Waals surface area contributed by atoms with E-state index in [-0.39, 0.29) is 33.7 Å². The van der Waals surface area contributed by atoms with Crippen molar-refractivity contribution in [2.24, 2.45) is 0 Å². The van der Waals surface area contributed by atoms with Crippen LogP contribution in [0.5, 0.6) is 5.75 Å². The number of benzene rings is 3. The van der Waals surface area contributed by atoms with Crippen molar-refractivity contribution in [3.63, 3.8) is 0 Å². The van der Waals surface area contributed by atoms with Gasteiger partial charge in [-0.2, -0.15) is 13.2 Å². The molecule has 13 heteroatoms. The number of aryl methyl sites for hydroxylation is 1. The summed E-state index contributed by atoms with van der Waals surface area (Å²) in [6.45, 7) is 1.22. The summed E-state index contributed by atoms with van der Waals surface area (Å²) < 4.78 is 57.2. The molecule has 238 valence electrons. The highest BCUT2D eigenvalue weighted by Gasteiger charge is 2.44. The lowest BCUT2D eigenvalue weighted by Crippen LogP contribution is -2.41. The van der Waals surface area contributed by atoms with E-state index < -0.39 is 24.6 Å². The van der Waals surface area contributed by atoms with Gasteiger partial charge in [-0.3, -0.25) is 9.69 Å². The van der Waals surface area contributed by atoms with Crippen molar-refractivity contribution in [3.8, 4) is 16.9 Å². The Kier molecular flexibility index (Phi) is 9.83. The molecule has 1 amide bonds. The number of ether oxygens (including phenoxy) is 2. The van der Waals surface area contributed by atoms with Gasteiger partial charge in [0.2, 0.25) is 0 Å². The van der Waals surface area contributed by atoms with E-state index in [1.807, 2.05) is 37.3 Å². The Bertz CT molecular complexity index is 1870. The van der Waals surface area contributed by atoms with Crippen molar-refractivity contribution in [3.05, 3.63) is 106 Å². The molecule has 0 spiro atoms. The quantitative estimate of drug-likeness (QED) is 0.137. The third-order valence-corrected chi connectivity index (χ3v) is 7.70. The largest absolute Gasteiger partial charge is 0.489 e. The van der Waals surface area contributed by atoms with Gasteiger partial charge in [0.25, 0.3) is 0 Å². The maximum absolute atomic E-state index is 13.7. The lowest BCUT2D eigenvalue weighted by atomic mass is 10.0. The second kappa shape index (κ2) is 13.8. The van der Waals surface area contributed by atoms with Gasteiger partial charge in [0.15, 0.2) is 0 Å². The van der Waals surface area contributed by atoms with Crippen LogP contribution in [0.3, 0.4) is 0 Å². The summed E-state index contributed by atoms with van der Waals surface area (Å²) in [4.78, 5) is 29.1.